The zero-order valence-electron chi connectivity index (χ0n) is 10.3. The predicted molar refractivity (Wildman–Crippen MR) is 64.2 cm³/mol. The van der Waals surface area contributed by atoms with Gasteiger partial charge in [0, 0.05) is 37.6 Å². The number of amides is 1. The van der Waals surface area contributed by atoms with Crippen LogP contribution in [0.1, 0.15) is 26.2 Å². The van der Waals surface area contributed by atoms with Crippen LogP contribution in [0.15, 0.2) is 0 Å². The van der Waals surface area contributed by atoms with Gasteiger partial charge >= 0.3 is 0 Å². The minimum atomic E-state index is 0.249. The van der Waals surface area contributed by atoms with Crippen molar-refractivity contribution >= 4 is 5.91 Å². The van der Waals surface area contributed by atoms with E-state index in [0.717, 1.165) is 32.5 Å². The first-order valence-corrected chi connectivity index (χ1v) is 6.38. The summed E-state index contributed by atoms with van der Waals surface area (Å²) >= 11 is 0. The van der Waals surface area contributed by atoms with Crippen LogP contribution in [0.5, 0.6) is 0 Å². The number of nitrogens with zero attached hydrogens (tertiary/aromatic N) is 1. The summed E-state index contributed by atoms with van der Waals surface area (Å²) in [6, 6.07) is 1.27. The molecule has 0 aromatic carbocycles. The number of nitrogens with one attached hydrogen (secondary N) is 2. The molecular formula is C12H23N3O. The minimum Gasteiger partial charge on any atom is -0.355 e. The molecule has 0 radical (unpaired) electrons. The molecule has 0 aromatic heterocycles. The van der Waals surface area contributed by atoms with Crippen molar-refractivity contribution in [3.05, 3.63) is 0 Å². The van der Waals surface area contributed by atoms with E-state index >= 15 is 0 Å². The molecule has 0 bridgehead atoms. The normalized spacial score (nSPS) is 30.6. The molecule has 1 heterocycles. The van der Waals surface area contributed by atoms with Crippen LogP contribution in [-0.4, -0.2) is 49.6 Å². The third kappa shape index (κ3) is 3.19. The molecule has 4 nitrogen and oxygen atoms in total. The Balaban J connectivity index is 1.53. The van der Waals surface area contributed by atoms with E-state index in [-0.39, 0.29) is 5.91 Å². The van der Waals surface area contributed by atoms with Gasteiger partial charge < -0.3 is 15.5 Å². The molecule has 1 aliphatic carbocycles. The summed E-state index contributed by atoms with van der Waals surface area (Å²) in [5.41, 5.74) is 0. The quantitative estimate of drug-likeness (QED) is 0.657. The van der Waals surface area contributed by atoms with Crippen LogP contribution in [0.2, 0.25) is 0 Å². The molecule has 1 aliphatic heterocycles. The molecule has 1 saturated heterocycles. The van der Waals surface area contributed by atoms with Crippen molar-refractivity contribution < 1.29 is 4.79 Å². The second kappa shape index (κ2) is 5.15. The van der Waals surface area contributed by atoms with Crippen LogP contribution >= 0.6 is 0 Å². The van der Waals surface area contributed by atoms with Gasteiger partial charge in [-0.15, -0.1) is 0 Å². The summed E-state index contributed by atoms with van der Waals surface area (Å²) in [7, 11) is 2.17. The average molecular weight is 225 g/mol. The van der Waals surface area contributed by atoms with Gasteiger partial charge in [0.05, 0.1) is 0 Å². The average Bonchev–Trinajstić information content (AvgIpc) is 3.03. The molecular weight excluding hydrogens is 202 g/mol. The van der Waals surface area contributed by atoms with Gasteiger partial charge in [-0.3, -0.25) is 4.79 Å². The lowest BCUT2D eigenvalue weighted by Crippen LogP contribution is -2.38. The number of carbonyl (C=O) groups excluding carboxylic acids is 1. The van der Waals surface area contributed by atoms with E-state index in [2.05, 4.69) is 29.5 Å². The van der Waals surface area contributed by atoms with Crippen LogP contribution < -0.4 is 10.6 Å². The number of carbonyl (C=O) groups is 1. The fourth-order valence-electron chi connectivity index (χ4n) is 2.29. The maximum atomic E-state index is 11.4. The molecule has 2 N–H and O–H groups in total. The molecule has 2 rings (SSSR count). The van der Waals surface area contributed by atoms with E-state index in [1.807, 2.05) is 0 Å². The lowest BCUT2D eigenvalue weighted by Gasteiger charge is -2.13. The highest BCUT2D eigenvalue weighted by atomic mass is 16.2. The molecule has 2 fully saturated rings. The van der Waals surface area contributed by atoms with E-state index in [4.69, 9.17) is 0 Å². The lowest BCUT2D eigenvalue weighted by atomic mass is 10.2. The first-order chi connectivity index (χ1) is 7.66. The van der Waals surface area contributed by atoms with Gasteiger partial charge in [-0.05, 0) is 33.2 Å². The first-order valence-electron chi connectivity index (χ1n) is 6.38. The monoisotopic (exact) mass is 225 g/mol. The van der Waals surface area contributed by atoms with Gasteiger partial charge in [0.2, 0.25) is 5.91 Å². The van der Waals surface area contributed by atoms with Crippen LogP contribution in [-0.2, 0) is 4.79 Å². The van der Waals surface area contributed by atoms with Crippen molar-refractivity contribution in [2.45, 2.75) is 38.3 Å². The first kappa shape index (κ1) is 11.9. The Bertz CT molecular complexity index is 243. The second-order valence-corrected chi connectivity index (χ2v) is 5.24. The highest BCUT2D eigenvalue weighted by molar-refractivity contribution is 5.80. The number of likely N-dealkylation sites (tertiary alicyclic amines) is 1. The molecule has 16 heavy (non-hydrogen) atoms. The summed E-state index contributed by atoms with van der Waals surface area (Å²) < 4.78 is 0. The van der Waals surface area contributed by atoms with Crippen LogP contribution in [0, 0.1) is 5.92 Å². The maximum Gasteiger partial charge on any atom is 0.223 e. The summed E-state index contributed by atoms with van der Waals surface area (Å²) in [6.45, 7) is 5.04. The Labute approximate surface area is 97.8 Å². The van der Waals surface area contributed by atoms with Crippen molar-refractivity contribution in [1.82, 2.24) is 15.5 Å². The van der Waals surface area contributed by atoms with E-state index in [0.29, 0.717) is 18.0 Å². The molecule has 0 spiro atoms. The van der Waals surface area contributed by atoms with Crippen molar-refractivity contribution in [1.29, 1.82) is 0 Å². The molecule has 2 aliphatic rings. The van der Waals surface area contributed by atoms with Crippen molar-refractivity contribution in [3.63, 3.8) is 0 Å². The molecule has 0 aromatic rings. The smallest absolute Gasteiger partial charge is 0.223 e. The van der Waals surface area contributed by atoms with Crippen molar-refractivity contribution in [3.8, 4) is 0 Å². The summed E-state index contributed by atoms with van der Waals surface area (Å²) in [5.74, 6) is 0.580. The fourth-order valence-corrected chi connectivity index (χ4v) is 2.29. The van der Waals surface area contributed by atoms with Gasteiger partial charge in [-0.1, -0.05) is 0 Å². The molecule has 2 atom stereocenters. The van der Waals surface area contributed by atoms with Crippen molar-refractivity contribution in [2.24, 2.45) is 5.92 Å². The Hall–Kier alpha value is -0.610. The summed E-state index contributed by atoms with van der Waals surface area (Å²) in [4.78, 5) is 13.7. The van der Waals surface area contributed by atoms with Gasteiger partial charge in [0.25, 0.3) is 0 Å². The number of hydrogen-bond acceptors (Lipinski definition) is 3. The van der Waals surface area contributed by atoms with E-state index < -0.39 is 0 Å². The minimum absolute atomic E-state index is 0.249. The molecule has 2 unspecified atom stereocenters. The summed E-state index contributed by atoms with van der Waals surface area (Å²) in [5, 5.41) is 6.48. The fraction of sp³-hybridized carbons (Fsp3) is 0.917. The van der Waals surface area contributed by atoms with E-state index in [9.17, 15) is 4.79 Å². The number of likely N-dealkylation sites (N-methyl/N-ethyl adjacent to an activating group) is 1. The Morgan fingerprint density at radius 1 is 1.38 bits per heavy atom. The highest BCUT2D eigenvalue weighted by Gasteiger charge is 2.29. The predicted octanol–water partition coefficient (Wildman–Crippen LogP) is 0.195. The third-order valence-corrected chi connectivity index (χ3v) is 3.69. The van der Waals surface area contributed by atoms with Crippen LogP contribution in [0.25, 0.3) is 0 Å². The topological polar surface area (TPSA) is 44.4 Å². The van der Waals surface area contributed by atoms with E-state index in [1.54, 1.807) is 0 Å². The zero-order chi connectivity index (χ0) is 11.5. The highest BCUT2D eigenvalue weighted by Crippen LogP contribution is 2.28. The molecule has 4 heteroatoms. The molecule has 1 amide bonds. The maximum absolute atomic E-state index is 11.4. The second-order valence-electron chi connectivity index (χ2n) is 5.24. The molecule has 1 saturated carbocycles. The Morgan fingerprint density at radius 3 is 2.69 bits per heavy atom. The van der Waals surface area contributed by atoms with Gasteiger partial charge in [0.1, 0.15) is 0 Å². The number of hydrogen-bond donors (Lipinski definition) is 2. The number of rotatable bonds is 5. The van der Waals surface area contributed by atoms with Crippen LogP contribution in [0.4, 0.5) is 0 Å². The largest absolute Gasteiger partial charge is 0.355 e. The Kier molecular flexibility index (Phi) is 3.82. The van der Waals surface area contributed by atoms with Gasteiger partial charge in [0.15, 0.2) is 0 Å². The third-order valence-electron chi connectivity index (χ3n) is 3.69. The van der Waals surface area contributed by atoms with E-state index in [1.165, 1.54) is 6.42 Å². The SMILES string of the molecule is CC1CC(NCCNC(=O)C2CC2)CN1C. The Morgan fingerprint density at radius 2 is 2.12 bits per heavy atom. The van der Waals surface area contributed by atoms with Gasteiger partial charge in [-0.25, -0.2) is 0 Å². The van der Waals surface area contributed by atoms with Gasteiger partial charge in [-0.2, -0.15) is 0 Å². The molecule has 92 valence electrons. The standard InChI is InChI=1S/C12H23N3O/c1-9-7-11(8-15(9)2)13-5-6-14-12(16)10-3-4-10/h9-11,13H,3-8H2,1-2H3,(H,14,16). The zero-order valence-corrected chi connectivity index (χ0v) is 10.3. The summed E-state index contributed by atoms with van der Waals surface area (Å²) in [6.07, 6.45) is 3.39. The lowest BCUT2D eigenvalue weighted by molar-refractivity contribution is -0.122. The van der Waals surface area contributed by atoms with Crippen molar-refractivity contribution in [2.75, 3.05) is 26.7 Å². The van der Waals surface area contributed by atoms with Crippen LogP contribution in [0.3, 0.4) is 0 Å².